The molecule has 0 saturated carbocycles. The average Bonchev–Trinajstić information content (AvgIpc) is 3.45. The minimum absolute atomic E-state index is 0.105. The maximum atomic E-state index is 12.5. The Morgan fingerprint density at radius 3 is 2.48 bits per heavy atom. The van der Waals surface area contributed by atoms with Crippen molar-refractivity contribution < 1.29 is 14.5 Å². The quantitative estimate of drug-likeness (QED) is 0.286. The maximum Gasteiger partial charge on any atom is 0.311 e. The van der Waals surface area contributed by atoms with Crippen molar-refractivity contribution in [3.63, 3.8) is 0 Å². The lowest BCUT2D eigenvalue weighted by Crippen LogP contribution is -2.15. The van der Waals surface area contributed by atoms with Crippen LogP contribution in [0.3, 0.4) is 0 Å². The molecule has 2 heterocycles. The predicted octanol–water partition coefficient (Wildman–Crippen LogP) is 4.63. The van der Waals surface area contributed by atoms with E-state index in [1.165, 1.54) is 29.1 Å². The number of rotatable bonds is 8. The first-order valence-electron chi connectivity index (χ1n) is 9.58. The van der Waals surface area contributed by atoms with Crippen LogP contribution in [-0.4, -0.2) is 30.4 Å². The summed E-state index contributed by atoms with van der Waals surface area (Å²) in [6.07, 6.45) is 3.22. The summed E-state index contributed by atoms with van der Waals surface area (Å²) >= 11 is 12.4. The zero-order chi connectivity index (χ0) is 23.4. The molecule has 168 valence electrons. The smallest absolute Gasteiger partial charge is 0.311 e. The number of hydrogen-bond acceptors (Lipinski definition) is 6. The van der Waals surface area contributed by atoms with Crippen LogP contribution in [0.25, 0.3) is 0 Å². The number of benzene rings is 2. The summed E-state index contributed by atoms with van der Waals surface area (Å²) in [6, 6.07) is 14.4. The Labute approximate surface area is 197 Å². The Morgan fingerprint density at radius 2 is 1.73 bits per heavy atom. The van der Waals surface area contributed by atoms with Gasteiger partial charge in [0.15, 0.2) is 24.0 Å². The standard InChI is InChI=1S/C21H16Cl2N6O4/c22-15-4-3-5-16(23)14(15)12-27-11-9-20(26-27)24-21(30)17-8-10-28(25-17)13-33-19-7-2-1-6-18(19)29(31)32/h1-11H,12-13H2,(H,24,26,30). The van der Waals surface area contributed by atoms with E-state index < -0.39 is 10.8 Å². The van der Waals surface area contributed by atoms with Gasteiger partial charge >= 0.3 is 5.69 Å². The van der Waals surface area contributed by atoms with Crippen LogP contribution in [0.15, 0.2) is 67.0 Å². The highest BCUT2D eigenvalue weighted by Crippen LogP contribution is 2.26. The molecule has 4 rings (SSSR count). The van der Waals surface area contributed by atoms with Crippen LogP contribution in [0.5, 0.6) is 5.75 Å². The average molecular weight is 487 g/mol. The van der Waals surface area contributed by atoms with Gasteiger partial charge in [0.1, 0.15) is 0 Å². The lowest BCUT2D eigenvalue weighted by molar-refractivity contribution is -0.386. The van der Waals surface area contributed by atoms with Crippen molar-refractivity contribution in [2.75, 3.05) is 5.32 Å². The first kappa shape index (κ1) is 22.3. The molecule has 1 amide bonds. The summed E-state index contributed by atoms with van der Waals surface area (Å²) in [5.74, 6) is -0.0393. The monoisotopic (exact) mass is 486 g/mol. The summed E-state index contributed by atoms with van der Waals surface area (Å²) in [6.45, 7) is 0.233. The van der Waals surface area contributed by atoms with Crippen molar-refractivity contribution in [2.24, 2.45) is 0 Å². The molecule has 2 aromatic carbocycles. The number of nitrogens with one attached hydrogen (secondary N) is 1. The number of nitro groups is 1. The number of anilines is 1. The first-order valence-corrected chi connectivity index (χ1v) is 10.3. The number of aromatic nitrogens is 4. The van der Waals surface area contributed by atoms with E-state index in [1.54, 1.807) is 47.3 Å². The number of halogens is 2. The first-order chi connectivity index (χ1) is 15.9. The van der Waals surface area contributed by atoms with Gasteiger partial charge in [-0.1, -0.05) is 41.4 Å². The molecule has 4 aromatic rings. The van der Waals surface area contributed by atoms with Gasteiger partial charge in [0.05, 0.1) is 11.5 Å². The molecule has 2 aromatic heterocycles. The number of amides is 1. The fourth-order valence-corrected chi connectivity index (χ4v) is 3.48. The fourth-order valence-electron chi connectivity index (χ4n) is 2.96. The zero-order valence-electron chi connectivity index (χ0n) is 16.9. The van der Waals surface area contributed by atoms with Gasteiger partial charge in [-0.3, -0.25) is 19.6 Å². The highest BCUT2D eigenvalue weighted by molar-refractivity contribution is 6.35. The van der Waals surface area contributed by atoms with E-state index in [-0.39, 0.29) is 23.9 Å². The van der Waals surface area contributed by atoms with Crippen molar-refractivity contribution >= 4 is 40.6 Å². The minimum Gasteiger partial charge on any atom is -0.464 e. The molecular weight excluding hydrogens is 471 g/mol. The summed E-state index contributed by atoms with van der Waals surface area (Å²) in [4.78, 5) is 23.0. The van der Waals surface area contributed by atoms with Gasteiger partial charge in [0.25, 0.3) is 5.91 Å². The molecule has 10 nitrogen and oxygen atoms in total. The topological polar surface area (TPSA) is 117 Å². The number of hydrogen-bond donors (Lipinski definition) is 1. The maximum absolute atomic E-state index is 12.5. The van der Waals surface area contributed by atoms with Crippen molar-refractivity contribution in [3.8, 4) is 5.75 Å². The van der Waals surface area contributed by atoms with Crippen LogP contribution in [0.4, 0.5) is 11.5 Å². The zero-order valence-corrected chi connectivity index (χ0v) is 18.4. The third kappa shape index (κ3) is 5.30. The Bertz CT molecular complexity index is 1300. The molecule has 33 heavy (non-hydrogen) atoms. The Hall–Kier alpha value is -3.89. The molecule has 0 aliphatic rings. The second kappa shape index (κ2) is 9.72. The predicted molar refractivity (Wildman–Crippen MR) is 122 cm³/mol. The molecule has 0 aliphatic carbocycles. The SMILES string of the molecule is O=C(Nc1ccn(Cc2c(Cl)cccc2Cl)n1)c1ccn(COc2ccccc2[N+](=O)[O-])n1. The molecule has 0 unspecified atom stereocenters. The summed E-state index contributed by atoms with van der Waals surface area (Å²) in [5.41, 5.74) is 0.695. The van der Waals surface area contributed by atoms with Crippen LogP contribution < -0.4 is 10.1 Å². The van der Waals surface area contributed by atoms with Crippen molar-refractivity contribution in [1.82, 2.24) is 19.6 Å². The molecule has 0 saturated heterocycles. The van der Waals surface area contributed by atoms with Crippen LogP contribution in [-0.2, 0) is 13.3 Å². The van der Waals surface area contributed by atoms with Gasteiger partial charge in [-0.25, -0.2) is 4.68 Å². The third-order valence-corrected chi connectivity index (χ3v) is 5.26. The van der Waals surface area contributed by atoms with Gasteiger partial charge in [0.2, 0.25) is 0 Å². The molecule has 12 heteroatoms. The van der Waals surface area contributed by atoms with Gasteiger partial charge in [-0.2, -0.15) is 10.2 Å². The van der Waals surface area contributed by atoms with Gasteiger partial charge < -0.3 is 10.1 Å². The van der Waals surface area contributed by atoms with Crippen LogP contribution in [0.2, 0.25) is 10.0 Å². The minimum atomic E-state index is -0.532. The van der Waals surface area contributed by atoms with Crippen LogP contribution in [0, 0.1) is 10.1 Å². The molecule has 1 N–H and O–H groups in total. The number of carbonyl (C=O) groups excluding carboxylic acids is 1. The fraction of sp³-hybridized carbons (Fsp3) is 0.0952. The van der Waals surface area contributed by atoms with E-state index in [4.69, 9.17) is 27.9 Å². The Kier molecular flexibility index (Phi) is 6.57. The van der Waals surface area contributed by atoms with Gasteiger partial charge in [-0.15, -0.1) is 0 Å². The van der Waals surface area contributed by atoms with E-state index in [2.05, 4.69) is 15.5 Å². The molecular formula is C21H16Cl2N6O4. The number of carbonyl (C=O) groups is 1. The third-order valence-electron chi connectivity index (χ3n) is 4.55. The lowest BCUT2D eigenvalue weighted by atomic mass is 10.2. The molecule has 0 fully saturated rings. The second-order valence-corrected chi connectivity index (χ2v) is 7.61. The Morgan fingerprint density at radius 1 is 1.00 bits per heavy atom. The number of ether oxygens (including phenoxy) is 1. The summed E-state index contributed by atoms with van der Waals surface area (Å²) in [5, 5.41) is 23.2. The summed E-state index contributed by atoms with van der Waals surface area (Å²) < 4.78 is 8.41. The van der Waals surface area contributed by atoms with Crippen molar-refractivity contribution in [3.05, 3.63) is 98.4 Å². The lowest BCUT2D eigenvalue weighted by Gasteiger charge is -2.07. The normalized spacial score (nSPS) is 10.7. The molecule has 0 aliphatic heterocycles. The van der Waals surface area contributed by atoms with Gasteiger partial charge in [0, 0.05) is 40.1 Å². The van der Waals surface area contributed by atoms with Crippen LogP contribution in [0.1, 0.15) is 16.1 Å². The van der Waals surface area contributed by atoms with E-state index in [0.717, 1.165) is 5.56 Å². The van der Waals surface area contributed by atoms with Crippen LogP contribution >= 0.6 is 23.2 Å². The van der Waals surface area contributed by atoms with E-state index in [1.807, 2.05) is 0 Å². The largest absolute Gasteiger partial charge is 0.464 e. The molecule has 0 spiro atoms. The van der Waals surface area contributed by atoms with Crippen molar-refractivity contribution in [1.29, 1.82) is 0 Å². The van der Waals surface area contributed by atoms with E-state index in [0.29, 0.717) is 22.4 Å². The number of nitro benzene ring substituents is 1. The summed E-state index contributed by atoms with van der Waals surface area (Å²) in [7, 11) is 0. The van der Waals surface area contributed by atoms with E-state index >= 15 is 0 Å². The highest BCUT2D eigenvalue weighted by Gasteiger charge is 2.15. The van der Waals surface area contributed by atoms with E-state index in [9.17, 15) is 14.9 Å². The highest BCUT2D eigenvalue weighted by atomic mass is 35.5. The number of nitrogens with zero attached hydrogens (tertiary/aromatic N) is 5. The second-order valence-electron chi connectivity index (χ2n) is 6.79. The number of para-hydroxylation sites is 2. The Balaban J connectivity index is 1.37. The molecule has 0 bridgehead atoms. The van der Waals surface area contributed by atoms with Crippen molar-refractivity contribution in [2.45, 2.75) is 13.3 Å². The molecule has 0 atom stereocenters. The molecule has 0 radical (unpaired) electrons. The van der Waals surface area contributed by atoms with Gasteiger partial charge in [-0.05, 0) is 24.3 Å².